The van der Waals surface area contributed by atoms with E-state index in [-0.39, 0.29) is 5.41 Å². The molecular formula is C12H14N. The maximum Gasteiger partial charge on any atom is 0.0991 e. The van der Waals surface area contributed by atoms with Crippen LogP contribution in [0.5, 0.6) is 0 Å². The highest BCUT2D eigenvalue weighted by molar-refractivity contribution is 5.40. The van der Waals surface area contributed by atoms with Gasteiger partial charge in [-0.1, -0.05) is 26.8 Å². The summed E-state index contributed by atoms with van der Waals surface area (Å²) in [5.41, 5.74) is 2.84. The first-order valence-corrected chi connectivity index (χ1v) is 4.31. The van der Waals surface area contributed by atoms with Crippen LogP contribution in [0.3, 0.4) is 0 Å². The van der Waals surface area contributed by atoms with E-state index in [1.165, 1.54) is 0 Å². The lowest BCUT2D eigenvalue weighted by atomic mass is 9.85. The van der Waals surface area contributed by atoms with E-state index in [0.29, 0.717) is 5.56 Å². The summed E-state index contributed by atoms with van der Waals surface area (Å²) in [7, 11) is 0. The molecule has 1 heteroatoms. The minimum Gasteiger partial charge on any atom is -0.192 e. The molecule has 0 aliphatic rings. The summed E-state index contributed by atoms with van der Waals surface area (Å²) in [5.74, 6) is 0. The fraction of sp³-hybridized carbons (Fsp3) is 0.333. The third-order valence-electron chi connectivity index (χ3n) is 1.99. The highest BCUT2D eigenvalue weighted by atomic mass is 14.2. The van der Waals surface area contributed by atoms with Gasteiger partial charge in [0, 0.05) is 0 Å². The van der Waals surface area contributed by atoms with Crippen molar-refractivity contribution in [2.24, 2.45) is 0 Å². The monoisotopic (exact) mass is 172 g/mol. The van der Waals surface area contributed by atoms with Crippen molar-refractivity contribution in [2.75, 3.05) is 0 Å². The normalized spacial score (nSPS) is 11.0. The Kier molecular flexibility index (Phi) is 2.43. The average Bonchev–Trinajstić information content (AvgIpc) is 2.01. The zero-order valence-electron chi connectivity index (χ0n) is 8.39. The molecule has 0 heterocycles. The van der Waals surface area contributed by atoms with Crippen molar-refractivity contribution in [3.05, 3.63) is 41.8 Å². The molecule has 0 amide bonds. The van der Waals surface area contributed by atoms with E-state index in [1.54, 1.807) is 6.07 Å². The van der Waals surface area contributed by atoms with Gasteiger partial charge in [-0.3, -0.25) is 0 Å². The molecule has 1 rings (SSSR count). The smallest absolute Gasteiger partial charge is 0.0991 e. The van der Waals surface area contributed by atoms with Crippen molar-refractivity contribution in [1.29, 1.82) is 5.26 Å². The Morgan fingerprint density at radius 3 is 2.31 bits per heavy atom. The van der Waals surface area contributed by atoms with E-state index in [9.17, 15) is 0 Å². The van der Waals surface area contributed by atoms with E-state index in [1.807, 2.05) is 12.1 Å². The van der Waals surface area contributed by atoms with E-state index in [0.717, 1.165) is 11.1 Å². The molecule has 0 N–H and O–H groups in total. The Labute approximate surface area is 80.0 Å². The molecule has 0 spiro atoms. The maximum atomic E-state index is 8.77. The predicted octanol–water partition coefficient (Wildman–Crippen LogP) is 3.04. The highest BCUT2D eigenvalue weighted by Gasteiger charge is 2.14. The van der Waals surface area contributed by atoms with E-state index >= 15 is 0 Å². The number of nitrogens with zero attached hydrogens (tertiary/aromatic N) is 1. The molecular weight excluding hydrogens is 158 g/mol. The standard InChI is InChI=1S/C12H14N/c1-9-5-10(8-13)7-11(6-9)12(2,3)4/h5-7H,1H2,2-4H3. The van der Waals surface area contributed by atoms with Gasteiger partial charge >= 0.3 is 0 Å². The van der Waals surface area contributed by atoms with Crippen LogP contribution in [0.25, 0.3) is 0 Å². The molecule has 0 aromatic heterocycles. The summed E-state index contributed by atoms with van der Waals surface area (Å²) in [6.45, 7) is 10.2. The molecule has 0 saturated carbocycles. The molecule has 13 heavy (non-hydrogen) atoms. The summed E-state index contributed by atoms with van der Waals surface area (Å²) in [6, 6.07) is 7.90. The molecule has 1 nitrogen and oxygen atoms in total. The summed E-state index contributed by atoms with van der Waals surface area (Å²) in [6.07, 6.45) is 0. The van der Waals surface area contributed by atoms with Gasteiger partial charge in [-0.2, -0.15) is 5.26 Å². The van der Waals surface area contributed by atoms with Crippen LogP contribution in [-0.4, -0.2) is 0 Å². The van der Waals surface area contributed by atoms with Gasteiger partial charge in [-0.05, 0) is 35.6 Å². The average molecular weight is 172 g/mol. The van der Waals surface area contributed by atoms with Crippen LogP contribution in [0.1, 0.15) is 37.5 Å². The van der Waals surface area contributed by atoms with Crippen LogP contribution in [0.15, 0.2) is 18.2 Å². The first kappa shape index (κ1) is 9.80. The second-order valence-electron chi connectivity index (χ2n) is 4.28. The van der Waals surface area contributed by atoms with Gasteiger partial charge in [-0.15, -0.1) is 0 Å². The topological polar surface area (TPSA) is 23.8 Å². The second kappa shape index (κ2) is 3.22. The molecule has 0 aliphatic carbocycles. The Balaban J connectivity index is 3.26. The van der Waals surface area contributed by atoms with Gasteiger partial charge in [0.15, 0.2) is 0 Å². The highest BCUT2D eigenvalue weighted by Crippen LogP contribution is 2.23. The van der Waals surface area contributed by atoms with Crippen LogP contribution in [0.2, 0.25) is 0 Å². The first-order valence-electron chi connectivity index (χ1n) is 4.31. The Morgan fingerprint density at radius 2 is 1.85 bits per heavy atom. The van der Waals surface area contributed by atoms with Gasteiger partial charge in [0.05, 0.1) is 11.6 Å². The number of hydrogen-bond acceptors (Lipinski definition) is 1. The lowest BCUT2D eigenvalue weighted by molar-refractivity contribution is 0.590. The van der Waals surface area contributed by atoms with Crippen LogP contribution in [-0.2, 0) is 5.41 Å². The first-order chi connectivity index (χ1) is 5.93. The zero-order chi connectivity index (χ0) is 10.1. The predicted molar refractivity (Wildman–Crippen MR) is 54.3 cm³/mol. The van der Waals surface area contributed by atoms with E-state index in [2.05, 4.69) is 33.8 Å². The van der Waals surface area contributed by atoms with Crippen LogP contribution in [0, 0.1) is 18.3 Å². The maximum absolute atomic E-state index is 8.77. The van der Waals surface area contributed by atoms with Gasteiger partial charge in [0.1, 0.15) is 0 Å². The minimum absolute atomic E-state index is 0.0826. The largest absolute Gasteiger partial charge is 0.192 e. The molecule has 0 unspecified atom stereocenters. The molecule has 0 fully saturated rings. The molecule has 1 aromatic carbocycles. The Bertz CT molecular complexity index is 350. The van der Waals surface area contributed by atoms with Crippen LogP contribution >= 0.6 is 0 Å². The molecule has 0 atom stereocenters. The van der Waals surface area contributed by atoms with Crippen molar-refractivity contribution in [2.45, 2.75) is 26.2 Å². The van der Waals surface area contributed by atoms with Gasteiger partial charge in [0.25, 0.3) is 0 Å². The summed E-state index contributed by atoms with van der Waals surface area (Å²) in [4.78, 5) is 0. The summed E-state index contributed by atoms with van der Waals surface area (Å²) < 4.78 is 0. The lowest BCUT2D eigenvalue weighted by Gasteiger charge is -2.19. The number of rotatable bonds is 0. The van der Waals surface area contributed by atoms with Crippen molar-refractivity contribution in [3.63, 3.8) is 0 Å². The van der Waals surface area contributed by atoms with E-state index in [4.69, 9.17) is 5.26 Å². The van der Waals surface area contributed by atoms with Gasteiger partial charge in [-0.25, -0.2) is 0 Å². The quantitative estimate of drug-likeness (QED) is 0.590. The van der Waals surface area contributed by atoms with Crippen molar-refractivity contribution < 1.29 is 0 Å². The Hall–Kier alpha value is -1.29. The molecule has 1 aromatic rings. The summed E-state index contributed by atoms with van der Waals surface area (Å²) in [5, 5.41) is 8.77. The molecule has 0 bridgehead atoms. The van der Waals surface area contributed by atoms with Crippen molar-refractivity contribution >= 4 is 0 Å². The van der Waals surface area contributed by atoms with Gasteiger partial charge in [0.2, 0.25) is 0 Å². The molecule has 67 valence electrons. The fourth-order valence-corrected chi connectivity index (χ4v) is 1.19. The minimum atomic E-state index is 0.0826. The molecule has 0 saturated heterocycles. The van der Waals surface area contributed by atoms with Crippen LogP contribution < -0.4 is 0 Å². The summed E-state index contributed by atoms with van der Waals surface area (Å²) >= 11 is 0. The van der Waals surface area contributed by atoms with E-state index < -0.39 is 0 Å². The molecule has 0 aliphatic heterocycles. The molecule has 1 radical (unpaired) electrons. The fourth-order valence-electron chi connectivity index (χ4n) is 1.19. The number of hydrogen-bond donors (Lipinski definition) is 0. The zero-order valence-corrected chi connectivity index (χ0v) is 8.39. The SMILES string of the molecule is [CH2]c1cc(C#N)cc(C(C)(C)C)c1. The third-order valence-corrected chi connectivity index (χ3v) is 1.99. The lowest BCUT2D eigenvalue weighted by Crippen LogP contribution is -2.11. The third kappa shape index (κ3) is 2.32. The van der Waals surface area contributed by atoms with Crippen molar-refractivity contribution in [1.82, 2.24) is 0 Å². The van der Waals surface area contributed by atoms with Gasteiger partial charge < -0.3 is 0 Å². The van der Waals surface area contributed by atoms with Crippen LogP contribution in [0.4, 0.5) is 0 Å². The second-order valence-corrected chi connectivity index (χ2v) is 4.28. The number of nitriles is 1. The van der Waals surface area contributed by atoms with Crippen molar-refractivity contribution in [3.8, 4) is 6.07 Å². The Morgan fingerprint density at radius 1 is 1.23 bits per heavy atom. The number of benzene rings is 1.